The van der Waals surface area contributed by atoms with Crippen LogP contribution in [-0.2, 0) is 6.54 Å². The Bertz CT molecular complexity index is 452. The Morgan fingerprint density at radius 1 is 1.24 bits per heavy atom. The Hall–Kier alpha value is -0.770. The molecule has 4 heteroatoms. The molecule has 3 nitrogen and oxygen atoms in total. The van der Waals surface area contributed by atoms with E-state index in [1.807, 2.05) is 0 Å². The first-order valence-electron chi connectivity index (χ1n) is 7.93. The van der Waals surface area contributed by atoms with Crippen molar-refractivity contribution >= 4 is 12.4 Å². The minimum absolute atomic E-state index is 0. The van der Waals surface area contributed by atoms with E-state index in [2.05, 4.69) is 48.3 Å². The predicted octanol–water partition coefficient (Wildman–Crippen LogP) is 3.22. The molecule has 0 aliphatic carbocycles. The van der Waals surface area contributed by atoms with Gasteiger partial charge in [0, 0.05) is 31.7 Å². The van der Waals surface area contributed by atoms with Crippen LogP contribution >= 0.6 is 12.4 Å². The Morgan fingerprint density at radius 2 is 2.05 bits per heavy atom. The summed E-state index contributed by atoms with van der Waals surface area (Å²) in [5, 5.41) is 3.74. The molecule has 1 aromatic rings. The lowest BCUT2D eigenvalue weighted by Crippen LogP contribution is -2.34. The zero-order valence-electron chi connectivity index (χ0n) is 13.0. The van der Waals surface area contributed by atoms with Crippen LogP contribution < -0.4 is 10.1 Å². The lowest BCUT2D eigenvalue weighted by Gasteiger charge is -2.24. The smallest absolute Gasteiger partial charge is 0.120 e. The predicted molar refractivity (Wildman–Crippen MR) is 89.3 cm³/mol. The molecule has 1 N–H and O–H groups in total. The summed E-state index contributed by atoms with van der Waals surface area (Å²) in [4.78, 5) is 2.59. The highest BCUT2D eigenvalue weighted by Crippen LogP contribution is 2.22. The molecule has 1 aromatic carbocycles. The van der Waals surface area contributed by atoms with Crippen molar-refractivity contribution in [3.05, 3.63) is 29.8 Å². The van der Waals surface area contributed by atoms with Crippen LogP contribution in [0.3, 0.4) is 0 Å². The number of benzene rings is 1. The maximum Gasteiger partial charge on any atom is 0.120 e. The zero-order valence-corrected chi connectivity index (χ0v) is 13.9. The van der Waals surface area contributed by atoms with Crippen molar-refractivity contribution in [1.29, 1.82) is 0 Å². The van der Waals surface area contributed by atoms with E-state index in [4.69, 9.17) is 4.74 Å². The van der Waals surface area contributed by atoms with Crippen molar-refractivity contribution in [3.8, 4) is 5.75 Å². The molecule has 2 aliphatic heterocycles. The second kappa shape index (κ2) is 7.48. The number of nitrogens with one attached hydrogen (secondary N) is 1. The topological polar surface area (TPSA) is 24.5 Å². The molecule has 2 bridgehead atoms. The third-order valence-electron chi connectivity index (χ3n) is 4.28. The van der Waals surface area contributed by atoms with Gasteiger partial charge in [-0.3, -0.25) is 4.90 Å². The SMILES string of the molecule is CC(C)Oc1cccc(CN2CCC3CCC(C2)N3)c1.Cl. The fraction of sp³-hybridized carbons (Fsp3) is 0.647. The minimum atomic E-state index is 0. The number of halogens is 1. The van der Waals surface area contributed by atoms with Crippen LogP contribution in [0.5, 0.6) is 5.75 Å². The summed E-state index contributed by atoms with van der Waals surface area (Å²) in [6, 6.07) is 10.0. The highest BCUT2D eigenvalue weighted by Gasteiger charge is 2.28. The minimum Gasteiger partial charge on any atom is -0.491 e. The van der Waals surface area contributed by atoms with Gasteiger partial charge in [-0.05, 0) is 50.8 Å². The van der Waals surface area contributed by atoms with Crippen molar-refractivity contribution in [2.75, 3.05) is 13.1 Å². The van der Waals surface area contributed by atoms with Crippen molar-refractivity contribution < 1.29 is 4.74 Å². The van der Waals surface area contributed by atoms with Crippen LogP contribution in [0.2, 0.25) is 0 Å². The van der Waals surface area contributed by atoms with E-state index < -0.39 is 0 Å². The molecule has 2 unspecified atom stereocenters. The van der Waals surface area contributed by atoms with Crippen molar-refractivity contribution in [1.82, 2.24) is 10.2 Å². The van der Waals surface area contributed by atoms with Crippen LogP contribution in [0.1, 0.15) is 38.7 Å². The highest BCUT2D eigenvalue weighted by atomic mass is 35.5. The first kappa shape index (κ1) is 16.6. The van der Waals surface area contributed by atoms with Gasteiger partial charge in [0.1, 0.15) is 5.75 Å². The molecule has 0 aromatic heterocycles. The van der Waals surface area contributed by atoms with Gasteiger partial charge in [0.05, 0.1) is 6.10 Å². The Labute approximate surface area is 134 Å². The van der Waals surface area contributed by atoms with E-state index in [1.54, 1.807) is 0 Å². The summed E-state index contributed by atoms with van der Waals surface area (Å²) in [5.41, 5.74) is 1.36. The molecular weight excluding hydrogens is 284 g/mol. The maximum atomic E-state index is 5.79. The summed E-state index contributed by atoms with van der Waals surface area (Å²) in [7, 11) is 0. The van der Waals surface area contributed by atoms with Crippen LogP contribution in [0.25, 0.3) is 0 Å². The van der Waals surface area contributed by atoms with Crippen molar-refractivity contribution in [2.24, 2.45) is 0 Å². The van der Waals surface area contributed by atoms with Crippen molar-refractivity contribution in [3.63, 3.8) is 0 Å². The van der Waals surface area contributed by atoms with Gasteiger partial charge in [0.15, 0.2) is 0 Å². The Balaban J connectivity index is 0.00000161. The molecule has 3 rings (SSSR count). The largest absolute Gasteiger partial charge is 0.491 e. The third kappa shape index (κ3) is 4.60. The first-order chi connectivity index (χ1) is 9.69. The van der Waals surface area contributed by atoms with Crippen LogP contribution in [0, 0.1) is 0 Å². The van der Waals surface area contributed by atoms with Gasteiger partial charge in [0.2, 0.25) is 0 Å². The Morgan fingerprint density at radius 3 is 2.86 bits per heavy atom. The summed E-state index contributed by atoms with van der Waals surface area (Å²) in [5.74, 6) is 0.993. The zero-order chi connectivity index (χ0) is 13.9. The second-order valence-corrected chi connectivity index (χ2v) is 6.48. The molecular formula is C17H27ClN2O. The van der Waals surface area contributed by atoms with Gasteiger partial charge in [-0.25, -0.2) is 0 Å². The lowest BCUT2D eigenvalue weighted by atomic mass is 10.1. The number of rotatable bonds is 4. The van der Waals surface area contributed by atoms with Gasteiger partial charge >= 0.3 is 0 Å². The Kier molecular flexibility index (Phi) is 5.91. The molecule has 2 atom stereocenters. The van der Waals surface area contributed by atoms with Gasteiger partial charge in [0.25, 0.3) is 0 Å². The number of fused-ring (bicyclic) bond motifs is 2. The normalized spacial score (nSPS) is 25.5. The molecule has 21 heavy (non-hydrogen) atoms. The molecule has 0 amide bonds. The van der Waals surface area contributed by atoms with Crippen LogP contribution in [0.4, 0.5) is 0 Å². The molecule has 2 saturated heterocycles. The maximum absolute atomic E-state index is 5.79. The van der Waals surface area contributed by atoms with Crippen molar-refractivity contribution in [2.45, 2.75) is 57.8 Å². The first-order valence-corrected chi connectivity index (χ1v) is 7.93. The fourth-order valence-corrected chi connectivity index (χ4v) is 3.41. The molecule has 2 fully saturated rings. The van der Waals surface area contributed by atoms with E-state index in [1.165, 1.54) is 37.9 Å². The van der Waals surface area contributed by atoms with E-state index in [0.29, 0.717) is 6.04 Å². The third-order valence-corrected chi connectivity index (χ3v) is 4.28. The van der Waals surface area contributed by atoms with Crippen LogP contribution in [-0.4, -0.2) is 36.2 Å². The number of nitrogens with zero attached hydrogens (tertiary/aromatic N) is 1. The molecule has 0 radical (unpaired) electrons. The van der Waals surface area contributed by atoms with Gasteiger partial charge in [-0.15, -0.1) is 12.4 Å². The number of hydrogen-bond acceptors (Lipinski definition) is 3. The number of ether oxygens (including phenoxy) is 1. The van der Waals surface area contributed by atoms with Gasteiger partial charge < -0.3 is 10.1 Å². The molecule has 2 heterocycles. The highest BCUT2D eigenvalue weighted by molar-refractivity contribution is 5.85. The lowest BCUT2D eigenvalue weighted by molar-refractivity contribution is 0.238. The quantitative estimate of drug-likeness (QED) is 0.924. The average molecular weight is 311 g/mol. The summed E-state index contributed by atoms with van der Waals surface area (Å²) >= 11 is 0. The summed E-state index contributed by atoms with van der Waals surface area (Å²) in [6.07, 6.45) is 4.25. The van der Waals surface area contributed by atoms with E-state index in [0.717, 1.165) is 18.3 Å². The monoisotopic (exact) mass is 310 g/mol. The summed E-state index contributed by atoms with van der Waals surface area (Å²) in [6.45, 7) is 7.59. The molecule has 2 aliphatic rings. The van der Waals surface area contributed by atoms with E-state index >= 15 is 0 Å². The number of hydrogen-bond donors (Lipinski definition) is 1. The molecule has 118 valence electrons. The van der Waals surface area contributed by atoms with Crippen LogP contribution in [0.15, 0.2) is 24.3 Å². The van der Waals surface area contributed by atoms with Gasteiger partial charge in [-0.2, -0.15) is 0 Å². The molecule has 0 spiro atoms. The average Bonchev–Trinajstić information content (AvgIpc) is 2.72. The second-order valence-electron chi connectivity index (χ2n) is 6.48. The summed E-state index contributed by atoms with van der Waals surface area (Å²) < 4.78 is 5.79. The number of likely N-dealkylation sites (tertiary alicyclic amines) is 1. The van der Waals surface area contributed by atoms with E-state index in [9.17, 15) is 0 Å². The standard InChI is InChI=1S/C17H26N2O.ClH/c1-13(2)20-17-5-3-4-14(10-17)11-19-9-8-15-6-7-16(12-19)18-15;/h3-5,10,13,15-16,18H,6-9,11-12H2,1-2H3;1H. The van der Waals surface area contributed by atoms with Gasteiger partial charge in [-0.1, -0.05) is 12.1 Å². The van der Waals surface area contributed by atoms with E-state index in [-0.39, 0.29) is 18.5 Å². The fourth-order valence-electron chi connectivity index (χ4n) is 3.41. The molecule has 0 saturated carbocycles.